The zero-order valence-electron chi connectivity index (χ0n) is 12.4. The second-order valence-corrected chi connectivity index (χ2v) is 6.00. The summed E-state index contributed by atoms with van der Waals surface area (Å²) in [6, 6.07) is 4.08. The first-order chi connectivity index (χ1) is 10.2. The Balaban J connectivity index is 1.76. The average molecular weight is 286 g/mol. The van der Waals surface area contributed by atoms with Crippen LogP contribution < -0.4 is 5.73 Å². The highest BCUT2D eigenvalue weighted by molar-refractivity contribution is 5.87. The van der Waals surface area contributed by atoms with E-state index in [4.69, 9.17) is 5.73 Å². The van der Waals surface area contributed by atoms with Gasteiger partial charge in [0.1, 0.15) is 5.65 Å². The van der Waals surface area contributed by atoms with Crippen LogP contribution in [0.15, 0.2) is 24.5 Å². The highest BCUT2D eigenvalue weighted by atomic mass is 16.2. The maximum Gasteiger partial charge on any atom is 0.227 e. The molecule has 1 amide bonds. The number of nitrogens with zero attached hydrogens (tertiary/aromatic N) is 2. The van der Waals surface area contributed by atoms with E-state index in [9.17, 15) is 4.79 Å². The molecule has 2 aromatic rings. The van der Waals surface area contributed by atoms with Gasteiger partial charge in [-0.15, -0.1) is 0 Å². The molecule has 0 aromatic carbocycles. The second kappa shape index (κ2) is 5.85. The van der Waals surface area contributed by atoms with E-state index in [1.807, 2.05) is 23.2 Å². The number of aromatic nitrogens is 2. The molecule has 2 unspecified atom stereocenters. The van der Waals surface area contributed by atoms with Crippen molar-refractivity contribution < 1.29 is 4.79 Å². The quantitative estimate of drug-likeness (QED) is 0.901. The summed E-state index contributed by atoms with van der Waals surface area (Å²) < 4.78 is 0. The molecule has 2 atom stereocenters. The number of rotatable bonds is 3. The summed E-state index contributed by atoms with van der Waals surface area (Å²) in [7, 11) is 0. The van der Waals surface area contributed by atoms with Gasteiger partial charge in [-0.1, -0.05) is 6.92 Å². The highest BCUT2D eigenvalue weighted by Crippen LogP contribution is 2.24. The Bertz CT molecular complexity index is 636. The van der Waals surface area contributed by atoms with Gasteiger partial charge in [0.15, 0.2) is 0 Å². The molecule has 3 heterocycles. The van der Waals surface area contributed by atoms with Crippen molar-refractivity contribution in [2.75, 3.05) is 13.1 Å². The molecule has 1 fully saturated rings. The minimum Gasteiger partial charge on any atom is -0.346 e. The molecule has 3 N–H and O–H groups in total. The van der Waals surface area contributed by atoms with Crippen LogP contribution in [0.2, 0.25) is 0 Å². The molecule has 0 saturated carbocycles. The van der Waals surface area contributed by atoms with Crippen LogP contribution in [0.5, 0.6) is 0 Å². The molecule has 1 aliphatic heterocycles. The van der Waals surface area contributed by atoms with Gasteiger partial charge in [0.2, 0.25) is 5.91 Å². The van der Waals surface area contributed by atoms with Crippen molar-refractivity contribution in [3.63, 3.8) is 0 Å². The Hall–Kier alpha value is -1.88. The van der Waals surface area contributed by atoms with Gasteiger partial charge in [-0.05, 0) is 36.5 Å². The highest BCUT2D eigenvalue weighted by Gasteiger charge is 2.29. The smallest absolute Gasteiger partial charge is 0.227 e. The van der Waals surface area contributed by atoms with Crippen molar-refractivity contribution in [2.24, 2.45) is 11.7 Å². The molecule has 3 rings (SSSR count). The van der Waals surface area contributed by atoms with Gasteiger partial charge in [-0.25, -0.2) is 4.98 Å². The summed E-state index contributed by atoms with van der Waals surface area (Å²) in [4.78, 5) is 22.0. The first-order valence-corrected chi connectivity index (χ1v) is 7.59. The van der Waals surface area contributed by atoms with Crippen LogP contribution in [-0.4, -0.2) is 39.9 Å². The number of carbonyl (C=O) groups is 1. The minimum atomic E-state index is 0.169. The molecule has 1 aliphatic rings. The molecule has 2 aromatic heterocycles. The van der Waals surface area contributed by atoms with E-state index < -0.39 is 0 Å². The van der Waals surface area contributed by atoms with Crippen LogP contribution in [0.1, 0.15) is 25.3 Å². The van der Waals surface area contributed by atoms with Gasteiger partial charge in [0.05, 0.1) is 6.42 Å². The van der Waals surface area contributed by atoms with Gasteiger partial charge >= 0.3 is 0 Å². The number of fused-ring (bicyclic) bond motifs is 1. The number of hydrogen-bond donors (Lipinski definition) is 2. The van der Waals surface area contributed by atoms with Crippen LogP contribution in [0, 0.1) is 5.92 Å². The predicted octanol–water partition coefficient (Wildman–Crippen LogP) is 1.69. The molecule has 5 heteroatoms. The summed E-state index contributed by atoms with van der Waals surface area (Å²) in [5.74, 6) is 0.821. The van der Waals surface area contributed by atoms with Crippen molar-refractivity contribution in [3.05, 3.63) is 30.1 Å². The molecule has 0 bridgehead atoms. The number of carbonyl (C=O) groups excluding carboxylic acids is 1. The first kappa shape index (κ1) is 14.1. The lowest BCUT2D eigenvalue weighted by molar-refractivity contribution is -0.134. The number of H-pyrrole nitrogens is 1. The Morgan fingerprint density at radius 3 is 3.24 bits per heavy atom. The fourth-order valence-electron chi connectivity index (χ4n) is 3.23. The van der Waals surface area contributed by atoms with Crippen LogP contribution in [-0.2, 0) is 11.2 Å². The summed E-state index contributed by atoms with van der Waals surface area (Å²) in [5.41, 5.74) is 7.70. The third-order valence-corrected chi connectivity index (χ3v) is 4.45. The molecular formula is C16H22N4O. The van der Waals surface area contributed by atoms with Crippen LogP contribution in [0.25, 0.3) is 11.0 Å². The van der Waals surface area contributed by atoms with E-state index in [2.05, 4.69) is 16.9 Å². The predicted molar refractivity (Wildman–Crippen MR) is 82.8 cm³/mol. The lowest BCUT2D eigenvalue weighted by atomic mass is 9.92. The maximum absolute atomic E-state index is 12.6. The van der Waals surface area contributed by atoms with Crippen molar-refractivity contribution in [1.29, 1.82) is 0 Å². The van der Waals surface area contributed by atoms with Gasteiger partial charge in [-0.3, -0.25) is 4.79 Å². The number of amides is 1. The monoisotopic (exact) mass is 286 g/mol. The summed E-state index contributed by atoms with van der Waals surface area (Å²) in [6.45, 7) is 3.60. The fraction of sp³-hybridized carbons (Fsp3) is 0.500. The number of aromatic amines is 1. The minimum absolute atomic E-state index is 0.169. The third kappa shape index (κ3) is 2.78. The lowest BCUT2D eigenvalue weighted by Crippen LogP contribution is -2.49. The average Bonchev–Trinajstić information content (AvgIpc) is 2.90. The number of nitrogens with two attached hydrogens (primary N) is 1. The fourth-order valence-corrected chi connectivity index (χ4v) is 3.23. The third-order valence-electron chi connectivity index (χ3n) is 4.45. The van der Waals surface area contributed by atoms with Gasteiger partial charge < -0.3 is 15.6 Å². The van der Waals surface area contributed by atoms with Gasteiger partial charge in [0.25, 0.3) is 0 Å². The Kier molecular flexibility index (Phi) is 3.92. The van der Waals surface area contributed by atoms with Crippen LogP contribution in [0.4, 0.5) is 0 Å². The Morgan fingerprint density at radius 1 is 1.57 bits per heavy atom. The van der Waals surface area contributed by atoms with Crippen LogP contribution in [0.3, 0.4) is 0 Å². The van der Waals surface area contributed by atoms with E-state index in [0.29, 0.717) is 18.9 Å². The molecule has 0 spiro atoms. The number of likely N-dealkylation sites (tertiary alicyclic amines) is 1. The van der Waals surface area contributed by atoms with E-state index in [1.54, 1.807) is 6.20 Å². The SMILES string of the molecule is CC1CCN(C(=O)Cc2c[nH]c3ncccc23)C(CN)C1. The molecule has 112 valence electrons. The summed E-state index contributed by atoms with van der Waals surface area (Å²) in [5, 5.41) is 1.03. The lowest BCUT2D eigenvalue weighted by Gasteiger charge is -2.38. The molecule has 0 aliphatic carbocycles. The summed E-state index contributed by atoms with van der Waals surface area (Å²) in [6.07, 6.45) is 6.13. The first-order valence-electron chi connectivity index (χ1n) is 7.59. The van der Waals surface area contributed by atoms with Crippen molar-refractivity contribution in [1.82, 2.24) is 14.9 Å². The maximum atomic E-state index is 12.6. The zero-order chi connectivity index (χ0) is 14.8. The number of pyridine rings is 1. The number of piperidine rings is 1. The van der Waals surface area contributed by atoms with E-state index in [0.717, 1.165) is 36.0 Å². The molecule has 0 radical (unpaired) electrons. The standard InChI is InChI=1S/C16H22N4O/c1-11-4-6-20(13(7-11)9-17)15(21)8-12-10-19-16-14(12)3-2-5-18-16/h2-3,5,10-11,13H,4,6-9,17H2,1H3,(H,18,19). The van der Waals surface area contributed by atoms with Crippen molar-refractivity contribution in [2.45, 2.75) is 32.2 Å². The zero-order valence-corrected chi connectivity index (χ0v) is 12.4. The topological polar surface area (TPSA) is 75.0 Å². The molecular weight excluding hydrogens is 264 g/mol. The summed E-state index contributed by atoms with van der Waals surface area (Å²) >= 11 is 0. The van der Waals surface area contributed by atoms with Gasteiger partial charge in [-0.2, -0.15) is 0 Å². The Labute approximate surface area is 124 Å². The molecule has 1 saturated heterocycles. The van der Waals surface area contributed by atoms with E-state index in [1.165, 1.54) is 0 Å². The van der Waals surface area contributed by atoms with Crippen LogP contribution >= 0.6 is 0 Å². The molecule has 5 nitrogen and oxygen atoms in total. The normalized spacial score (nSPS) is 22.7. The Morgan fingerprint density at radius 2 is 2.43 bits per heavy atom. The van der Waals surface area contributed by atoms with E-state index in [-0.39, 0.29) is 11.9 Å². The van der Waals surface area contributed by atoms with Gasteiger partial charge in [0, 0.05) is 36.9 Å². The van der Waals surface area contributed by atoms with Crippen molar-refractivity contribution >= 4 is 16.9 Å². The largest absolute Gasteiger partial charge is 0.346 e. The number of hydrogen-bond acceptors (Lipinski definition) is 3. The second-order valence-electron chi connectivity index (χ2n) is 6.00. The van der Waals surface area contributed by atoms with Crippen molar-refractivity contribution in [3.8, 4) is 0 Å². The molecule has 21 heavy (non-hydrogen) atoms. The van der Waals surface area contributed by atoms with E-state index >= 15 is 0 Å². The number of nitrogens with one attached hydrogen (secondary N) is 1.